The van der Waals surface area contributed by atoms with Gasteiger partial charge in [-0.25, -0.2) is 8.42 Å². The molecule has 1 amide bonds. The molecule has 0 spiro atoms. The Kier molecular flexibility index (Phi) is 5.02. The normalized spacial score (nSPS) is 14.6. The number of rotatable bonds is 4. The zero-order valence-electron chi connectivity index (χ0n) is 13.9. The van der Waals surface area contributed by atoms with E-state index in [2.05, 4.69) is 0 Å². The fourth-order valence-electron chi connectivity index (χ4n) is 2.63. The highest BCUT2D eigenvalue weighted by Gasteiger charge is 2.40. The molecule has 26 heavy (non-hydrogen) atoms. The topological polar surface area (TPSA) is 80.8 Å². The van der Waals surface area contributed by atoms with Crippen molar-refractivity contribution in [1.29, 1.82) is 0 Å². The van der Waals surface area contributed by atoms with E-state index in [4.69, 9.17) is 16.3 Å². The van der Waals surface area contributed by atoms with Crippen LogP contribution in [0.3, 0.4) is 0 Å². The molecule has 0 saturated carbocycles. The monoisotopic (exact) mass is 393 g/mol. The quantitative estimate of drug-likeness (QED) is 0.589. The van der Waals surface area contributed by atoms with Crippen molar-refractivity contribution in [3.8, 4) is 5.75 Å². The number of sulfone groups is 1. The van der Waals surface area contributed by atoms with Gasteiger partial charge >= 0.3 is 5.97 Å². The number of hydrogen-bond acceptors (Lipinski definition) is 5. The molecule has 0 bridgehead atoms. The molecule has 0 unspecified atom stereocenters. The highest BCUT2D eigenvalue weighted by atomic mass is 35.5. The molecule has 136 valence electrons. The molecule has 1 aliphatic rings. The van der Waals surface area contributed by atoms with E-state index in [1.165, 1.54) is 48.2 Å². The Bertz CT molecular complexity index is 933. The minimum absolute atomic E-state index is 0.134. The maximum atomic E-state index is 12.5. The van der Waals surface area contributed by atoms with Gasteiger partial charge in [-0.2, -0.15) is 0 Å². The second-order valence-electron chi connectivity index (χ2n) is 5.95. The van der Waals surface area contributed by atoms with Crippen molar-refractivity contribution in [3.63, 3.8) is 0 Å². The minimum atomic E-state index is -3.50. The first-order valence-electron chi connectivity index (χ1n) is 7.84. The van der Waals surface area contributed by atoms with Gasteiger partial charge in [-0.3, -0.25) is 9.59 Å². The van der Waals surface area contributed by atoms with Crippen LogP contribution in [0.5, 0.6) is 5.75 Å². The highest BCUT2D eigenvalue weighted by molar-refractivity contribution is 7.92. The number of carbonyl (C=O) groups is 2. The Hall–Kier alpha value is -2.38. The van der Waals surface area contributed by atoms with E-state index in [9.17, 15) is 18.0 Å². The molecular formula is C18H16ClNO5S. The average Bonchev–Trinajstić information content (AvgIpc) is 2.53. The van der Waals surface area contributed by atoms with Gasteiger partial charge in [0.25, 0.3) is 5.91 Å². The number of hydrogen-bond donors (Lipinski definition) is 0. The fraction of sp³-hybridized carbons (Fsp3) is 0.222. The summed E-state index contributed by atoms with van der Waals surface area (Å²) in [5.74, 6) is -0.357. The molecule has 1 heterocycles. The van der Waals surface area contributed by atoms with Crippen LogP contribution in [0.15, 0.2) is 53.4 Å². The molecule has 2 aromatic carbocycles. The zero-order valence-corrected chi connectivity index (χ0v) is 15.5. The smallest absolute Gasteiger partial charge is 0.308 e. The molecule has 2 aromatic rings. The number of esters is 1. The van der Waals surface area contributed by atoms with Gasteiger partial charge in [0, 0.05) is 30.6 Å². The summed E-state index contributed by atoms with van der Waals surface area (Å²) >= 11 is 5.79. The first kappa shape index (κ1) is 18.4. The van der Waals surface area contributed by atoms with Crippen LogP contribution >= 0.6 is 11.6 Å². The summed E-state index contributed by atoms with van der Waals surface area (Å²) in [6.45, 7) is 1.56. The van der Waals surface area contributed by atoms with E-state index in [1.54, 1.807) is 12.1 Å². The van der Waals surface area contributed by atoms with Gasteiger partial charge in [0.2, 0.25) is 0 Å². The van der Waals surface area contributed by atoms with Gasteiger partial charge in [-0.05, 0) is 48.5 Å². The highest BCUT2D eigenvalue weighted by Crippen LogP contribution is 2.26. The number of amides is 1. The van der Waals surface area contributed by atoms with Gasteiger partial charge in [-0.15, -0.1) is 0 Å². The Morgan fingerprint density at radius 3 is 2.15 bits per heavy atom. The van der Waals surface area contributed by atoms with Crippen LogP contribution in [0, 0.1) is 0 Å². The van der Waals surface area contributed by atoms with Crippen LogP contribution in [-0.4, -0.2) is 43.5 Å². The van der Waals surface area contributed by atoms with Crippen molar-refractivity contribution >= 4 is 33.3 Å². The molecule has 1 fully saturated rings. The van der Waals surface area contributed by atoms with E-state index in [0.717, 1.165) is 0 Å². The molecule has 0 aromatic heterocycles. The molecule has 1 aliphatic heterocycles. The van der Waals surface area contributed by atoms with Crippen molar-refractivity contribution in [3.05, 3.63) is 59.1 Å². The third-order valence-electron chi connectivity index (χ3n) is 4.08. The van der Waals surface area contributed by atoms with E-state index in [-0.39, 0.29) is 23.9 Å². The first-order chi connectivity index (χ1) is 12.3. The number of nitrogens with zero attached hydrogens (tertiary/aromatic N) is 1. The summed E-state index contributed by atoms with van der Waals surface area (Å²) < 4.78 is 30.0. The van der Waals surface area contributed by atoms with Crippen molar-refractivity contribution in [2.45, 2.75) is 17.1 Å². The summed E-state index contributed by atoms with van der Waals surface area (Å²) in [6, 6.07) is 12.1. The second kappa shape index (κ2) is 7.09. The lowest BCUT2D eigenvalue weighted by Crippen LogP contribution is -2.56. The Morgan fingerprint density at radius 1 is 1.04 bits per heavy atom. The van der Waals surface area contributed by atoms with E-state index < -0.39 is 21.1 Å². The van der Waals surface area contributed by atoms with E-state index in [1.807, 2.05) is 0 Å². The number of benzene rings is 2. The molecule has 0 atom stereocenters. The van der Waals surface area contributed by atoms with Crippen LogP contribution < -0.4 is 4.74 Å². The Balaban J connectivity index is 1.64. The van der Waals surface area contributed by atoms with Gasteiger partial charge in [0.05, 0.1) is 4.90 Å². The third-order valence-corrected chi connectivity index (χ3v) is 6.44. The van der Waals surface area contributed by atoms with Gasteiger partial charge in [-0.1, -0.05) is 11.6 Å². The predicted octanol–water partition coefficient (Wildman–Crippen LogP) is 2.56. The molecule has 0 N–H and O–H groups in total. The van der Waals surface area contributed by atoms with Crippen molar-refractivity contribution < 1.29 is 22.7 Å². The number of carbonyl (C=O) groups excluding carboxylic acids is 2. The van der Waals surface area contributed by atoms with E-state index >= 15 is 0 Å². The maximum absolute atomic E-state index is 12.5. The minimum Gasteiger partial charge on any atom is -0.427 e. The zero-order chi connectivity index (χ0) is 18.9. The predicted molar refractivity (Wildman–Crippen MR) is 96.1 cm³/mol. The SMILES string of the molecule is CC(=O)Oc1ccc(C(=O)N2CC(S(=O)(=O)c3ccc(Cl)cc3)C2)cc1. The van der Waals surface area contributed by atoms with Crippen LogP contribution in [0.2, 0.25) is 5.02 Å². The molecule has 3 rings (SSSR count). The lowest BCUT2D eigenvalue weighted by molar-refractivity contribution is -0.131. The first-order valence-corrected chi connectivity index (χ1v) is 9.77. The fourth-order valence-corrected chi connectivity index (χ4v) is 4.41. The summed E-state index contributed by atoms with van der Waals surface area (Å²) in [5.41, 5.74) is 0.406. The lowest BCUT2D eigenvalue weighted by Gasteiger charge is -2.38. The number of ether oxygens (including phenoxy) is 1. The van der Waals surface area contributed by atoms with Crippen LogP contribution in [0.1, 0.15) is 17.3 Å². The lowest BCUT2D eigenvalue weighted by atomic mass is 10.1. The average molecular weight is 394 g/mol. The summed E-state index contributed by atoms with van der Waals surface area (Å²) in [6.07, 6.45) is 0. The van der Waals surface area contributed by atoms with Crippen molar-refractivity contribution in [2.75, 3.05) is 13.1 Å². The molecule has 1 saturated heterocycles. The number of halogens is 1. The summed E-state index contributed by atoms with van der Waals surface area (Å²) in [4.78, 5) is 25.0. The Morgan fingerprint density at radius 2 is 1.62 bits per heavy atom. The van der Waals surface area contributed by atoms with Gasteiger partial charge < -0.3 is 9.64 Å². The van der Waals surface area contributed by atoms with E-state index in [0.29, 0.717) is 16.3 Å². The van der Waals surface area contributed by atoms with Crippen LogP contribution in [0.25, 0.3) is 0 Å². The molecule has 0 aliphatic carbocycles. The third kappa shape index (κ3) is 3.73. The molecular weight excluding hydrogens is 378 g/mol. The standard InChI is InChI=1S/C18H16ClNO5S/c1-12(21)25-15-6-2-13(3-7-15)18(22)20-10-17(11-20)26(23,24)16-8-4-14(19)5-9-16/h2-9,17H,10-11H2,1H3. The second-order valence-corrected chi connectivity index (χ2v) is 8.61. The van der Waals surface area contributed by atoms with Crippen molar-refractivity contribution in [1.82, 2.24) is 4.90 Å². The number of likely N-dealkylation sites (tertiary alicyclic amines) is 1. The summed E-state index contributed by atoms with van der Waals surface area (Å²) in [7, 11) is -3.50. The Labute approximate surface area is 156 Å². The molecule has 6 nitrogen and oxygen atoms in total. The van der Waals surface area contributed by atoms with Crippen LogP contribution in [0.4, 0.5) is 0 Å². The molecule has 0 radical (unpaired) electrons. The van der Waals surface area contributed by atoms with Crippen molar-refractivity contribution in [2.24, 2.45) is 0 Å². The van der Waals surface area contributed by atoms with Gasteiger partial charge in [0.1, 0.15) is 11.0 Å². The summed E-state index contributed by atoms with van der Waals surface area (Å²) in [5, 5.41) is -0.167. The molecule has 8 heteroatoms. The van der Waals surface area contributed by atoms with Crippen LogP contribution in [-0.2, 0) is 14.6 Å². The largest absolute Gasteiger partial charge is 0.427 e. The van der Waals surface area contributed by atoms with Gasteiger partial charge in [0.15, 0.2) is 9.84 Å². The maximum Gasteiger partial charge on any atom is 0.308 e.